The zero-order chi connectivity index (χ0) is 11.8. The summed E-state index contributed by atoms with van der Waals surface area (Å²) in [5, 5.41) is 3.26. The van der Waals surface area contributed by atoms with Crippen molar-refractivity contribution >= 4 is 5.69 Å². The van der Waals surface area contributed by atoms with Crippen molar-refractivity contribution in [2.24, 2.45) is 0 Å². The molecule has 0 spiro atoms. The predicted octanol–water partition coefficient (Wildman–Crippen LogP) is 3.84. The zero-order valence-corrected chi connectivity index (χ0v) is 9.06. The quantitative estimate of drug-likeness (QED) is 0.771. The lowest BCUT2D eigenvalue weighted by atomic mass is 9.95. The highest BCUT2D eigenvalue weighted by atomic mass is 19.4. The van der Waals surface area contributed by atoms with Crippen LogP contribution in [0.3, 0.4) is 0 Å². The summed E-state index contributed by atoms with van der Waals surface area (Å²) in [7, 11) is 0. The smallest absolute Gasteiger partial charge is 0.382 e. The number of rotatable bonds is 1. The summed E-state index contributed by atoms with van der Waals surface area (Å²) in [6.45, 7) is 2.08. The van der Waals surface area contributed by atoms with E-state index in [1.54, 1.807) is 6.07 Å². The third-order valence-corrected chi connectivity index (χ3v) is 3.05. The molecule has 1 aromatic rings. The number of anilines is 1. The van der Waals surface area contributed by atoms with Gasteiger partial charge in [-0.2, -0.15) is 13.2 Å². The summed E-state index contributed by atoms with van der Waals surface area (Å²) < 4.78 is 37.4. The summed E-state index contributed by atoms with van der Waals surface area (Å²) in [5.74, 6) is 0. The summed E-state index contributed by atoms with van der Waals surface area (Å²) in [6, 6.07) is 4.34. The Bertz CT molecular complexity index is 384. The largest absolute Gasteiger partial charge is 0.416 e. The summed E-state index contributed by atoms with van der Waals surface area (Å²) in [4.78, 5) is 0. The third-order valence-electron chi connectivity index (χ3n) is 3.05. The second kappa shape index (κ2) is 4.00. The fourth-order valence-corrected chi connectivity index (χ4v) is 2.05. The maximum absolute atomic E-state index is 12.5. The number of fused-ring (bicyclic) bond motifs is 1. The Morgan fingerprint density at radius 3 is 2.75 bits per heavy atom. The predicted molar refractivity (Wildman–Crippen MR) is 57.5 cm³/mol. The lowest BCUT2D eigenvalue weighted by molar-refractivity contribution is -0.137. The van der Waals surface area contributed by atoms with Crippen LogP contribution in [0.5, 0.6) is 0 Å². The molecule has 0 amide bonds. The molecule has 1 nitrogen and oxygen atoms in total. The van der Waals surface area contributed by atoms with Crippen LogP contribution < -0.4 is 5.32 Å². The average molecular weight is 229 g/mol. The van der Waals surface area contributed by atoms with Gasteiger partial charge in [0.05, 0.1) is 5.56 Å². The van der Waals surface area contributed by atoms with E-state index >= 15 is 0 Å². The fourth-order valence-electron chi connectivity index (χ4n) is 2.05. The minimum Gasteiger partial charge on any atom is -0.382 e. The molecule has 0 aliphatic carbocycles. The van der Waals surface area contributed by atoms with Gasteiger partial charge in [0.1, 0.15) is 0 Å². The van der Waals surface area contributed by atoms with Crippen molar-refractivity contribution in [3.05, 3.63) is 29.3 Å². The van der Waals surface area contributed by atoms with Gasteiger partial charge in [-0.1, -0.05) is 6.92 Å². The highest BCUT2D eigenvalue weighted by Crippen LogP contribution is 2.34. The topological polar surface area (TPSA) is 12.0 Å². The van der Waals surface area contributed by atoms with Crippen LogP contribution in [0.4, 0.5) is 18.9 Å². The minimum atomic E-state index is -4.24. The minimum absolute atomic E-state index is 0.393. The van der Waals surface area contributed by atoms with E-state index in [2.05, 4.69) is 12.2 Å². The Morgan fingerprint density at radius 1 is 1.38 bits per heavy atom. The van der Waals surface area contributed by atoms with E-state index in [0.717, 1.165) is 36.6 Å². The highest BCUT2D eigenvalue weighted by Gasteiger charge is 2.31. The van der Waals surface area contributed by atoms with Gasteiger partial charge in [0.25, 0.3) is 0 Å². The summed E-state index contributed by atoms with van der Waals surface area (Å²) in [5.41, 5.74) is 1.08. The lowest BCUT2D eigenvalue weighted by Gasteiger charge is -2.26. The van der Waals surface area contributed by atoms with Crippen LogP contribution in [-0.4, -0.2) is 6.04 Å². The lowest BCUT2D eigenvalue weighted by Crippen LogP contribution is -2.24. The van der Waals surface area contributed by atoms with E-state index in [0.29, 0.717) is 6.04 Å². The molecule has 0 bridgehead atoms. The van der Waals surface area contributed by atoms with Crippen molar-refractivity contribution in [2.45, 2.75) is 38.4 Å². The molecular weight excluding hydrogens is 215 g/mol. The monoisotopic (exact) mass is 229 g/mol. The first-order valence-corrected chi connectivity index (χ1v) is 5.47. The molecule has 0 unspecified atom stereocenters. The molecule has 0 saturated carbocycles. The molecule has 1 heterocycles. The van der Waals surface area contributed by atoms with Crippen LogP contribution in [0.15, 0.2) is 18.2 Å². The molecule has 0 aromatic heterocycles. The van der Waals surface area contributed by atoms with Gasteiger partial charge >= 0.3 is 6.18 Å². The molecule has 1 aliphatic rings. The van der Waals surface area contributed by atoms with Crippen molar-refractivity contribution in [2.75, 3.05) is 5.32 Å². The zero-order valence-electron chi connectivity index (χ0n) is 9.06. The van der Waals surface area contributed by atoms with Gasteiger partial charge in [-0.05, 0) is 43.0 Å². The van der Waals surface area contributed by atoms with Crippen molar-refractivity contribution in [1.82, 2.24) is 0 Å². The van der Waals surface area contributed by atoms with Crippen molar-refractivity contribution in [3.63, 3.8) is 0 Å². The van der Waals surface area contributed by atoms with E-state index in [-0.39, 0.29) is 0 Å². The molecule has 1 aliphatic heterocycles. The van der Waals surface area contributed by atoms with Gasteiger partial charge in [-0.3, -0.25) is 0 Å². The van der Waals surface area contributed by atoms with Gasteiger partial charge in [0, 0.05) is 11.7 Å². The molecule has 4 heteroatoms. The van der Waals surface area contributed by atoms with E-state index in [9.17, 15) is 13.2 Å². The first-order valence-electron chi connectivity index (χ1n) is 5.47. The fraction of sp³-hybridized carbons (Fsp3) is 0.500. The Balaban J connectivity index is 2.28. The van der Waals surface area contributed by atoms with Gasteiger partial charge in [-0.25, -0.2) is 0 Å². The van der Waals surface area contributed by atoms with Crippen LogP contribution in [0, 0.1) is 0 Å². The summed E-state index contributed by atoms with van der Waals surface area (Å²) >= 11 is 0. The van der Waals surface area contributed by atoms with Crippen molar-refractivity contribution in [1.29, 1.82) is 0 Å². The standard InChI is InChI=1S/C12H14F3N/c1-2-10-5-3-8-7-9(12(13,14)15)4-6-11(8)16-10/h4,6-7,10,16H,2-3,5H2,1H3/t10-/m1/s1. The van der Waals surface area contributed by atoms with Crippen LogP contribution in [0.2, 0.25) is 0 Å². The number of aryl methyl sites for hydroxylation is 1. The molecule has 0 fully saturated rings. The van der Waals surface area contributed by atoms with Crippen LogP contribution in [0.25, 0.3) is 0 Å². The number of halogens is 3. The van der Waals surface area contributed by atoms with Gasteiger partial charge < -0.3 is 5.32 Å². The SMILES string of the molecule is CC[C@@H]1CCc2cc(C(F)(F)F)ccc2N1. The van der Waals surface area contributed by atoms with Crippen molar-refractivity contribution < 1.29 is 13.2 Å². The van der Waals surface area contributed by atoms with E-state index < -0.39 is 11.7 Å². The number of benzene rings is 1. The highest BCUT2D eigenvalue weighted by molar-refractivity contribution is 5.55. The van der Waals surface area contributed by atoms with E-state index in [1.807, 2.05) is 0 Å². The molecule has 0 saturated heterocycles. The second-order valence-corrected chi connectivity index (χ2v) is 4.16. The normalized spacial score (nSPS) is 20.1. The third kappa shape index (κ3) is 2.15. The molecule has 16 heavy (non-hydrogen) atoms. The molecule has 2 rings (SSSR count). The molecule has 88 valence electrons. The Labute approximate surface area is 92.7 Å². The molecule has 1 aromatic carbocycles. The van der Waals surface area contributed by atoms with Crippen LogP contribution >= 0.6 is 0 Å². The average Bonchev–Trinajstić information content (AvgIpc) is 2.26. The number of nitrogens with one attached hydrogen (secondary N) is 1. The van der Waals surface area contributed by atoms with E-state index in [1.165, 1.54) is 6.07 Å². The number of hydrogen-bond donors (Lipinski definition) is 1. The maximum Gasteiger partial charge on any atom is 0.416 e. The van der Waals surface area contributed by atoms with Gasteiger partial charge in [-0.15, -0.1) is 0 Å². The Morgan fingerprint density at radius 2 is 2.12 bits per heavy atom. The van der Waals surface area contributed by atoms with Gasteiger partial charge in [0.2, 0.25) is 0 Å². The maximum atomic E-state index is 12.5. The second-order valence-electron chi connectivity index (χ2n) is 4.16. The van der Waals surface area contributed by atoms with Crippen LogP contribution in [0.1, 0.15) is 30.9 Å². The van der Waals surface area contributed by atoms with Gasteiger partial charge in [0.15, 0.2) is 0 Å². The van der Waals surface area contributed by atoms with Crippen molar-refractivity contribution in [3.8, 4) is 0 Å². The molecule has 1 N–H and O–H groups in total. The number of hydrogen-bond acceptors (Lipinski definition) is 1. The Hall–Kier alpha value is -1.19. The number of alkyl halides is 3. The molecule has 0 radical (unpaired) electrons. The molecular formula is C12H14F3N. The first-order chi connectivity index (χ1) is 7.50. The summed E-state index contributed by atoms with van der Waals surface area (Å²) in [6.07, 6.45) is -1.60. The molecule has 1 atom stereocenters. The Kier molecular flexibility index (Phi) is 2.82. The van der Waals surface area contributed by atoms with E-state index in [4.69, 9.17) is 0 Å². The van der Waals surface area contributed by atoms with Crippen LogP contribution in [-0.2, 0) is 12.6 Å². The first kappa shape index (κ1) is 11.3.